The summed E-state index contributed by atoms with van der Waals surface area (Å²) in [5.74, 6) is 3.49. The van der Waals surface area contributed by atoms with Crippen molar-refractivity contribution in [2.75, 3.05) is 19.3 Å². The summed E-state index contributed by atoms with van der Waals surface area (Å²) in [5.41, 5.74) is 4.35. The highest BCUT2D eigenvalue weighted by atomic mass is 32.2. The third kappa shape index (κ3) is 6.35. The van der Waals surface area contributed by atoms with E-state index in [9.17, 15) is 14.4 Å². The van der Waals surface area contributed by atoms with Crippen LogP contribution in [0.4, 0.5) is 0 Å². The fourth-order valence-corrected chi connectivity index (χ4v) is 12.2. The molecule has 50 heavy (non-hydrogen) atoms. The van der Waals surface area contributed by atoms with E-state index >= 15 is 0 Å². The van der Waals surface area contributed by atoms with Crippen molar-refractivity contribution < 1.29 is 9.59 Å². The van der Waals surface area contributed by atoms with Crippen LogP contribution < -0.4 is 16.2 Å². The lowest BCUT2D eigenvalue weighted by atomic mass is 9.49. The van der Waals surface area contributed by atoms with Gasteiger partial charge in [0.15, 0.2) is 0 Å². The number of thioether (sulfide) groups is 1. The Morgan fingerprint density at radius 1 is 0.980 bits per heavy atom. The van der Waals surface area contributed by atoms with Gasteiger partial charge in [-0.1, -0.05) is 18.2 Å². The molecule has 9 rings (SSSR count). The third-order valence-corrected chi connectivity index (χ3v) is 14.3. The predicted octanol–water partition coefficient (Wildman–Crippen LogP) is 7.13. The fourth-order valence-electron chi connectivity index (χ4n) is 11.5. The highest BCUT2D eigenvalue weighted by Crippen LogP contribution is 2.61. The monoisotopic (exact) mass is 697 g/mol. The molecule has 5 saturated carbocycles. The number of fused-ring (bicyclic) bond motifs is 1. The van der Waals surface area contributed by atoms with E-state index in [1.165, 1.54) is 50.3 Å². The zero-order chi connectivity index (χ0) is 34.7. The van der Waals surface area contributed by atoms with E-state index in [1.807, 2.05) is 31.4 Å². The van der Waals surface area contributed by atoms with Crippen molar-refractivity contribution in [2.45, 2.75) is 121 Å². The highest BCUT2D eigenvalue weighted by Gasteiger charge is 2.52. The van der Waals surface area contributed by atoms with E-state index < -0.39 is 0 Å². The Kier molecular flexibility index (Phi) is 9.20. The van der Waals surface area contributed by atoms with Crippen LogP contribution in [-0.2, 0) is 11.3 Å². The molecule has 1 saturated heterocycles. The first-order chi connectivity index (χ1) is 24.1. The first kappa shape index (κ1) is 34.1. The van der Waals surface area contributed by atoms with Gasteiger partial charge in [-0.05, 0) is 132 Å². The van der Waals surface area contributed by atoms with Crippen LogP contribution in [0.3, 0.4) is 0 Å². The molecule has 2 amide bonds. The topological polar surface area (TPSA) is 99.2 Å². The van der Waals surface area contributed by atoms with E-state index in [4.69, 9.17) is 0 Å². The molecule has 1 aromatic carbocycles. The smallest absolute Gasteiger partial charge is 0.254 e. The number of hydrogen-bond acceptors (Lipinski definition) is 5. The zero-order valence-electron chi connectivity index (χ0n) is 30.4. The van der Waals surface area contributed by atoms with Crippen molar-refractivity contribution in [3.05, 3.63) is 63.2 Å². The van der Waals surface area contributed by atoms with Gasteiger partial charge in [0.25, 0.3) is 11.5 Å². The van der Waals surface area contributed by atoms with Gasteiger partial charge in [0, 0.05) is 76.9 Å². The Bertz CT molecular complexity index is 1800. The lowest BCUT2D eigenvalue weighted by Gasteiger charge is -2.57. The zero-order valence-corrected chi connectivity index (χ0v) is 31.2. The fraction of sp³-hybridized carbons (Fsp3) is 0.634. The summed E-state index contributed by atoms with van der Waals surface area (Å²) in [7, 11) is 0. The first-order valence-electron chi connectivity index (χ1n) is 19.3. The SMILES string of the molecule is CSc1cc(C)[nH]c(=O)c1CNC(=O)c1c(C)n([C@H](C)C2CCC(NC3CN(C(=O)CC45CC6CC(CC(C6)C4)C5)C3)CC2)c2ccccc12. The Morgan fingerprint density at radius 3 is 2.30 bits per heavy atom. The summed E-state index contributed by atoms with van der Waals surface area (Å²) in [6.07, 6.45) is 15.5. The minimum absolute atomic E-state index is 0.143. The van der Waals surface area contributed by atoms with Gasteiger partial charge in [0.05, 0.1) is 5.56 Å². The van der Waals surface area contributed by atoms with Crippen molar-refractivity contribution in [2.24, 2.45) is 29.1 Å². The maximum Gasteiger partial charge on any atom is 0.254 e. The number of aryl methyl sites for hydroxylation is 1. The second-order valence-electron chi connectivity index (χ2n) is 17.0. The molecule has 3 N–H and O–H groups in total. The lowest BCUT2D eigenvalue weighted by Crippen LogP contribution is -2.62. The molecule has 3 aromatic rings. The number of rotatable bonds is 10. The molecule has 8 nitrogen and oxygen atoms in total. The van der Waals surface area contributed by atoms with Gasteiger partial charge in [0.2, 0.25) is 5.91 Å². The van der Waals surface area contributed by atoms with E-state index in [-0.39, 0.29) is 24.1 Å². The Labute approximate surface area is 300 Å². The highest BCUT2D eigenvalue weighted by molar-refractivity contribution is 7.98. The molecule has 5 aliphatic carbocycles. The van der Waals surface area contributed by atoms with Crippen molar-refractivity contribution in [3.63, 3.8) is 0 Å². The standard InChI is InChI=1S/C41H55N5O3S/c1-24-13-36(50-4)34(39(48)43-24)21-42-40(49)38-26(3)46(35-8-6-5-7-33(35)38)25(2)30-9-11-31(12-10-30)44-32-22-45(23-32)37(47)20-41-17-27-14-28(18-41)16-29(15-27)19-41/h5-8,13,25,27-32,44H,9-12,14-23H2,1-4H3,(H,42,49)(H,43,48)/t25-,27?,28?,29?,30?,31?,41?/m1/s1. The number of aromatic amines is 1. The molecule has 4 bridgehead atoms. The maximum absolute atomic E-state index is 13.8. The van der Waals surface area contributed by atoms with E-state index in [0.717, 1.165) is 90.1 Å². The van der Waals surface area contributed by atoms with Gasteiger partial charge < -0.3 is 25.1 Å². The summed E-state index contributed by atoms with van der Waals surface area (Å²) in [6, 6.07) is 11.4. The lowest BCUT2D eigenvalue weighted by molar-refractivity contribution is -0.144. The molecule has 0 spiro atoms. The van der Waals surface area contributed by atoms with Crippen LogP contribution in [0.25, 0.3) is 10.9 Å². The molecule has 6 fully saturated rings. The van der Waals surface area contributed by atoms with Crippen molar-refractivity contribution in [3.8, 4) is 0 Å². The molecular weight excluding hydrogens is 643 g/mol. The molecule has 2 aromatic heterocycles. The molecule has 1 atom stereocenters. The van der Waals surface area contributed by atoms with E-state index in [0.29, 0.717) is 40.5 Å². The van der Waals surface area contributed by atoms with Gasteiger partial charge in [0.1, 0.15) is 0 Å². The maximum atomic E-state index is 13.8. The van der Waals surface area contributed by atoms with Crippen molar-refractivity contribution >= 4 is 34.5 Å². The minimum Gasteiger partial charge on any atom is -0.348 e. The Morgan fingerprint density at radius 2 is 1.64 bits per heavy atom. The molecule has 3 heterocycles. The number of nitrogens with zero attached hydrogens (tertiary/aromatic N) is 2. The number of para-hydroxylation sites is 1. The quantitative estimate of drug-likeness (QED) is 0.196. The largest absolute Gasteiger partial charge is 0.348 e. The van der Waals surface area contributed by atoms with Crippen LogP contribution in [0.5, 0.6) is 0 Å². The van der Waals surface area contributed by atoms with Gasteiger partial charge in [-0.25, -0.2) is 0 Å². The molecule has 0 radical (unpaired) electrons. The summed E-state index contributed by atoms with van der Waals surface area (Å²) in [4.78, 5) is 45.8. The average Bonchev–Trinajstić information content (AvgIpc) is 3.35. The molecular formula is C41H55N5O3S. The Hall–Kier alpha value is -3.04. The number of aromatic nitrogens is 2. The Balaban J connectivity index is 0.860. The average molecular weight is 698 g/mol. The first-order valence-corrected chi connectivity index (χ1v) is 20.5. The van der Waals surface area contributed by atoms with Gasteiger partial charge in [-0.2, -0.15) is 0 Å². The van der Waals surface area contributed by atoms with Crippen molar-refractivity contribution in [1.29, 1.82) is 0 Å². The number of H-pyrrole nitrogens is 1. The second-order valence-corrected chi connectivity index (χ2v) is 17.8. The number of benzene rings is 1. The van der Waals surface area contributed by atoms with Crippen LogP contribution in [-0.4, -0.2) is 57.7 Å². The van der Waals surface area contributed by atoms with Crippen molar-refractivity contribution in [1.82, 2.24) is 25.1 Å². The molecule has 0 unspecified atom stereocenters. The number of carbonyl (C=O) groups excluding carboxylic acids is 2. The van der Waals surface area contributed by atoms with Crippen LogP contribution in [0.15, 0.2) is 40.0 Å². The summed E-state index contributed by atoms with van der Waals surface area (Å²) < 4.78 is 2.38. The van der Waals surface area contributed by atoms with Crippen LogP contribution in [0.2, 0.25) is 0 Å². The number of likely N-dealkylation sites (tertiary alicyclic amines) is 1. The van der Waals surface area contributed by atoms with E-state index in [2.05, 4.69) is 51.1 Å². The molecule has 9 heteroatoms. The van der Waals surface area contributed by atoms with Crippen LogP contribution >= 0.6 is 11.8 Å². The number of pyridine rings is 1. The number of amides is 2. The minimum atomic E-state index is -0.150. The molecule has 6 aliphatic rings. The summed E-state index contributed by atoms with van der Waals surface area (Å²) >= 11 is 1.52. The second kappa shape index (κ2) is 13.5. The number of carbonyl (C=O) groups is 2. The molecule has 1 aliphatic heterocycles. The number of nitrogens with one attached hydrogen (secondary N) is 3. The summed E-state index contributed by atoms with van der Waals surface area (Å²) in [5, 5.41) is 7.95. The van der Waals surface area contributed by atoms with Crippen LogP contribution in [0, 0.1) is 42.9 Å². The number of hydrogen-bond donors (Lipinski definition) is 3. The summed E-state index contributed by atoms with van der Waals surface area (Å²) in [6.45, 7) is 8.19. The molecule has 268 valence electrons. The van der Waals surface area contributed by atoms with Gasteiger partial charge >= 0.3 is 0 Å². The van der Waals surface area contributed by atoms with Gasteiger partial charge in [-0.15, -0.1) is 11.8 Å². The predicted molar refractivity (Wildman–Crippen MR) is 201 cm³/mol. The third-order valence-electron chi connectivity index (χ3n) is 13.5. The van der Waals surface area contributed by atoms with Crippen LogP contribution in [0.1, 0.15) is 111 Å². The van der Waals surface area contributed by atoms with E-state index in [1.54, 1.807) is 0 Å². The van der Waals surface area contributed by atoms with Gasteiger partial charge in [-0.3, -0.25) is 14.4 Å². The normalized spacial score (nSPS) is 29.7.